The molecule has 1 atom stereocenters. The third-order valence-corrected chi connectivity index (χ3v) is 4.49. The molecule has 1 aromatic heterocycles. The Bertz CT molecular complexity index is 645. The Balaban J connectivity index is 1.87. The molecule has 1 aromatic carbocycles. The summed E-state index contributed by atoms with van der Waals surface area (Å²) in [5.74, 6) is 0.773. The van der Waals surface area contributed by atoms with Crippen molar-refractivity contribution in [1.82, 2.24) is 10.2 Å². The molecule has 132 valence electrons. The topological polar surface area (TPSA) is 65.7 Å². The lowest BCUT2D eigenvalue weighted by atomic mass is 9.89. The molecule has 1 unspecified atom stereocenters. The lowest BCUT2D eigenvalue weighted by Crippen LogP contribution is -2.39. The summed E-state index contributed by atoms with van der Waals surface area (Å²) in [7, 11) is 1.77. The number of para-hydroxylation sites is 1. The summed E-state index contributed by atoms with van der Waals surface area (Å²) in [5.41, 5.74) is 0.734. The van der Waals surface area contributed by atoms with Crippen molar-refractivity contribution in [3.8, 4) is 0 Å². The Morgan fingerprint density at radius 2 is 2.08 bits per heavy atom. The summed E-state index contributed by atoms with van der Waals surface area (Å²) in [5, 5.41) is 13.2. The van der Waals surface area contributed by atoms with Crippen LogP contribution >= 0.6 is 0 Å². The number of urea groups is 1. The van der Waals surface area contributed by atoms with E-state index in [1.54, 1.807) is 11.9 Å². The van der Waals surface area contributed by atoms with Gasteiger partial charge in [-0.3, -0.25) is 0 Å². The number of carbonyl (C=O) groups excluding carboxylic acids is 1. The molecule has 0 fully saturated rings. The fraction of sp³-hybridized carbons (Fsp3) is 0.526. The van der Waals surface area contributed by atoms with Gasteiger partial charge in [-0.15, -0.1) is 0 Å². The SMILES string of the molecule is CC(c1cc2ccccc2o1)N(C)C(=O)NCCCC(C)(C)CO. The maximum absolute atomic E-state index is 12.3. The van der Waals surface area contributed by atoms with E-state index in [1.165, 1.54) is 0 Å². The van der Waals surface area contributed by atoms with Crippen molar-refractivity contribution in [1.29, 1.82) is 0 Å². The number of hydrogen-bond acceptors (Lipinski definition) is 3. The van der Waals surface area contributed by atoms with E-state index in [4.69, 9.17) is 4.42 Å². The van der Waals surface area contributed by atoms with Gasteiger partial charge in [0, 0.05) is 25.6 Å². The second-order valence-corrected chi connectivity index (χ2v) is 7.13. The number of aliphatic hydroxyl groups excluding tert-OH is 1. The van der Waals surface area contributed by atoms with Gasteiger partial charge >= 0.3 is 6.03 Å². The molecule has 0 saturated heterocycles. The first-order valence-corrected chi connectivity index (χ1v) is 8.44. The quantitative estimate of drug-likeness (QED) is 0.755. The minimum atomic E-state index is -0.147. The Morgan fingerprint density at radius 3 is 2.75 bits per heavy atom. The third-order valence-electron chi connectivity index (χ3n) is 4.49. The first-order valence-electron chi connectivity index (χ1n) is 8.44. The van der Waals surface area contributed by atoms with Crippen LogP contribution in [0.4, 0.5) is 4.79 Å². The highest BCUT2D eigenvalue weighted by atomic mass is 16.3. The summed E-state index contributed by atoms with van der Waals surface area (Å²) in [6.07, 6.45) is 1.71. The maximum atomic E-state index is 12.3. The van der Waals surface area contributed by atoms with Gasteiger partial charge in [-0.05, 0) is 37.3 Å². The molecule has 5 nitrogen and oxygen atoms in total. The molecule has 0 aliphatic heterocycles. The van der Waals surface area contributed by atoms with Crippen molar-refractivity contribution >= 4 is 17.0 Å². The largest absolute Gasteiger partial charge is 0.459 e. The van der Waals surface area contributed by atoms with Crippen LogP contribution in [0.3, 0.4) is 0 Å². The Kier molecular flexibility index (Phi) is 5.89. The molecule has 24 heavy (non-hydrogen) atoms. The third kappa shape index (κ3) is 4.51. The predicted octanol–water partition coefficient (Wildman–Crippen LogP) is 3.93. The molecule has 0 aliphatic rings. The molecule has 0 radical (unpaired) electrons. The summed E-state index contributed by atoms with van der Waals surface area (Å²) in [4.78, 5) is 13.9. The van der Waals surface area contributed by atoms with Crippen LogP contribution in [0.2, 0.25) is 0 Å². The van der Waals surface area contributed by atoms with Gasteiger partial charge in [0.1, 0.15) is 11.3 Å². The van der Waals surface area contributed by atoms with Crippen molar-refractivity contribution in [3.05, 3.63) is 36.1 Å². The predicted molar refractivity (Wildman–Crippen MR) is 95.9 cm³/mol. The van der Waals surface area contributed by atoms with E-state index < -0.39 is 0 Å². The van der Waals surface area contributed by atoms with Crippen LogP contribution in [-0.2, 0) is 0 Å². The summed E-state index contributed by atoms with van der Waals surface area (Å²) in [6, 6.07) is 9.54. The van der Waals surface area contributed by atoms with Gasteiger partial charge in [-0.25, -0.2) is 4.79 Å². The Morgan fingerprint density at radius 1 is 1.38 bits per heavy atom. The number of aliphatic hydroxyl groups is 1. The number of carbonyl (C=O) groups is 1. The lowest BCUT2D eigenvalue weighted by Gasteiger charge is -2.25. The zero-order valence-corrected chi connectivity index (χ0v) is 15.0. The fourth-order valence-electron chi connectivity index (χ4n) is 2.54. The van der Waals surface area contributed by atoms with Gasteiger partial charge in [0.15, 0.2) is 0 Å². The molecular weight excluding hydrogens is 304 g/mol. The van der Waals surface area contributed by atoms with E-state index in [-0.39, 0.29) is 24.1 Å². The zero-order valence-electron chi connectivity index (χ0n) is 15.0. The van der Waals surface area contributed by atoms with E-state index in [1.807, 2.05) is 51.1 Å². The van der Waals surface area contributed by atoms with Crippen LogP contribution < -0.4 is 5.32 Å². The summed E-state index contributed by atoms with van der Waals surface area (Å²) < 4.78 is 5.84. The number of rotatable bonds is 7. The van der Waals surface area contributed by atoms with Crippen LogP contribution in [0, 0.1) is 5.41 Å². The zero-order chi connectivity index (χ0) is 17.7. The van der Waals surface area contributed by atoms with Crippen LogP contribution in [0.1, 0.15) is 45.4 Å². The molecule has 0 saturated carbocycles. The average molecular weight is 332 g/mol. The molecule has 2 aromatic rings. The average Bonchev–Trinajstić information content (AvgIpc) is 3.01. The first kappa shape index (κ1) is 18.3. The molecule has 0 spiro atoms. The lowest BCUT2D eigenvalue weighted by molar-refractivity contribution is 0.147. The number of hydrogen-bond donors (Lipinski definition) is 2. The standard InChI is InChI=1S/C19H28N2O3/c1-14(17-12-15-8-5-6-9-16(15)24-17)21(4)18(23)20-11-7-10-19(2,3)13-22/h5-6,8-9,12,14,22H,7,10-11,13H2,1-4H3,(H,20,23). The molecule has 2 N–H and O–H groups in total. The van der Waals surface area contributed by atoms with E-state index in [9.17, 15) is 9.90 Å². The van der Waals surface area contributed by atoms with Gasteiger partial charge in [0.05, 0.1) is 6.04 Å². The smallest absolute Gasteiger partial charge is 0.317 e. The summed E-state index contributed by atoms with van der Waals surface area (Å²) in [6.45, 7) is 6.74. The second kappa shape index (κ2) is 7.71. The normalized spacial score (nSPS) is 13.0. The van der Waals surface area contributed by atoms with Crippen molar-refractivity contribution in [2.45, 2.75) is 39.7 Å². The summed E-state index contributed by atoms with van der Waals surface area (Å²) >= 11 is 0. The van der Waals surface area contributed by atoms with Crippen molar-refractivity contribution in [2.24, 2.45) is 5.41 Å². The molecular formula is C19H28N2O3. The number of fused-ring (bicyclic) bond motifs is 1. The van der Waals surface area contributed by atoms with Crippen molar-refractivity contribution in [3.63, 3.8) is 0 Å². The van der Waals surface area contributed by atoms with E-state index in [0.29, 0.717) is 6.54 Å². The number of nitrogens with zero attached hydrogens (tertiary/aromatic N) is 1. The van der Waals surface area contributed by atoms with Crippen LogP contribution in [0.25, 0.3) is 11.0 Å². The minimum Gasteiger partial charge on any atom is -0.459 e. The van der Waals surface area contributed by atoms with Crippen molar-refractivity contribution < 1.29 is 14.3 Å². The van der Waals surface area contributed by atoms with Gasteiger partial charge in [0.25, 0.3) is 0 Å². The number of furan rings is 1. The van der Waals surface area contributed by atoms with Gasteiger partial charge < -0.3 is 19.7 Å². The molecule has 2 rings (SSSR count). The second-order valence-electron chi connectivity index (χ2n) is 7.13. The van der Waals surface area contributed by atoms with Gasteiger partial charge in [-0.1, -0.05) is 32.0 Å². The maximum Gasteiger partial charge on any atom is 0.317 e. The molecule has 0 bridgehead atoms. The van der Waals surface area contributed by atoms with Crippen molar-refractivity contribution in [2.75, 3.05) is 20.2 Å². The highest BCUT2D eigenvalue weighted by Crippen LogP contribution is 2.26. The van der Waals surface area contributed by atoms with E-state index >= 15 is 0 Å². The van der Waals surface area contributed by atoms with Gasteiger partial charge in [0.2, 0.25) is 0 Å². The molecule has 2 amide bonds. The Labute approximate surface area is 143 Å². The van der Waals surface area contributed by atoms with Crippen LogP contribution in [0.15, 0.2) is 34.7 Å². The van der Waals surface area contributed by atoms with Crippen LogP contribution in [0.5, 0.6) is 0 Å². The molecule has 5 heteroatoms. The first-order chi connectivity index (χ1) is 11.3. The number of amides is 2. The van der Waals surface area contributed by atoms with E-state index in [2.05, 4.69) is 5.32 Å². The highest BCUT2D eigenvalue weighted by molar-refractivity contribution is 5.78. The number of nitrogens with one attached hydrogen (secondary N) is 1. The van der Waals surface area contributed by atoms with E-state index in [0.717, 1.165) is 29.6 Å². The fourth-order valence-corrected chi connectivity index (χ4v) is 2.54. The molecule has 0 aliphatic carbocycles. The van der Waals surface area contributed by atoms with Gasteiger partial charge in [-0.2, -0.15) is 0 Å². The highest BCUT2D eigenvalue weighted by Gasteiger charge is 2.21. The minimum absolute atomic E-state index is 0.0990. The molecule has 1 heterocycles. The number of benzene rings is 1. The Hall–Kier alpha value is -2.01. The monoisotopic (exact) mass is 332 g/mol. The van der Waals surface area contributed by atoms with Crippen LogP contribution in [-0.4, -0.2) is 36.2 Å².